The van der Waals surface area contributed by atoms with Gasteiger partial charge in [-0.1, -0.05) is 13.8 Å². The minimum Gasteiger partial charge on any atom is -0.462 e. The molecule has 1 aromatic rings. The molecule has 1 N–H and O–H groups in total. The van der Waals surface area contributed by atoms with E-state index in [9.17, 15) is 14.4 Å². The van der Waals surface area contributed by atoms with Crippen LogP contribution >= 0.6 is 0 Å². The average molecular weight is 323 g/mol. The summed E-state index contributed by atoms with van der Waals surface area (Å²) in [5.74, 6) is -0.977. The van der Waals surface area contributed by atoms with Crippen LogP contribution in [-0.4, -0.2) is 35.9 Å². The van der Waals surface area contributed by atoms with Gasteiger partial charge in [0.15, 0.2) is 6.61 Å². The largest absolute Gasteiger partial charge is 0.462 e. The monoisotopic (exact) mass is 323 g/mol. The molecule has 0 fully saturated rings. The average Bonchev–Trinajstić information content (AvgIpc) is 2.77. The number of carbonyl (C=O) groups is 3. The van der Waals surface area contributed by atoms with Crippen LogP contribution in [0, 0.1) is 19.8 Å². The van der Waals surface area contributed by atoms with E-state index in [-0.39, 0.29) is 30.8 Å². The Morgan fingerprint density at radius 1 is 1.04 bits per heavy atom. The lowest BCUT2D eigenvalue weighted by atomic mass is 10.1. The Hall–Kier alpha value is -2.11. The molecule has 0 radical (unpaired) electrons. The van der Waals surface area contributed by atoms with E-state index in [1.807, 2.05) is 13.8 Å². The van der Waals surface area contributed by atoms with E-state index in [0.29, 0.717) is 23.7 Å². The smallest absolute Gasteiger partial charge is 0.340 e. The first kappa shape index (κ1) is 18.9. The summed E-state index contributed by atoms with van der Waals surface area (Å²) in [5.41, 5.74) is 1.58. The second kappa shape index (κ2) is 8.50. The van der Waals surface area contributed by atoms with Crippen molar-refractivity contribution in [3.05, 3.63) is 22.5 Å². The fourth-order valence-corrected chi connectivity index (χ4v) is 2.29. The summed E-state index contributed by atoms with van der Waals surface area (Å²) < 4.78 is 10.00. The zero-order chi connectivity index (χ0) is 17.6. The van der Waals surface area contributed by atoms with E-state index in [1.165, 1.54) is 0 Å². The summed E-state index contributed by atoms with van der Waals surface area (Å²) in [6, 6.07) is 0. The molecule has 0 bridgehead atoms. The number of ketones is 1. The van der Waals surface area contributed by atoms with E-state index < -0.39 is 17.7 Å². The molecule has 0 unspecified atom stereocenters. The topological polar surface area (TPSA) is 85.5 Å². The summed E-state index contributed by atoms with van der Waals surface area (Å²) in [6.07, 6.45) is 0.990. The van der Waals surface area contributed by atoms with Gasteiger partial charge in [0, 0.05) is 17.8 Å². The number of nitrogens with one attached hydrogen (secondary N) is 1. The zero-order valence-corrected chi connectivity index (χ0v) is 14.4. The number of Topliss-reactive ketones (excluding diaryl/α,β-unsaturated/α-hetero) is 1. The first-order valence-corrected chi connectivity index (χ1v) is 7.83. The van der Waals surface area contributed by atoms with Crippen LogP contribution in [-0.2, 0) is 14.3 Å². The molecule has 0 aliphatic carbocycles. The first-order chi connectivity index (χ1) is 10.8. The molecule has 1 rings (SSSR count). The third-order valence-electron chi connectivity index (χ3n) is 3.42. The summed E-state index contributed by atoms with van der Waals surface area (Å²) in [7, 11) is 0. The normalized spacial score (nSPS) is 10.7. The molecular formula is C17H25NO5. The van der Waals surface area contributed by atoms with E-state index in [1.54, 1.807) is 20.8 Å². The molecule has 0 aliphatic heterocycles. The molecule has 23 heavy (non-hydrogen) atoms. The van der Waals surface area contributed by atoms with Crippen molar-refractivity contribution < 1.29 is 23.9 Å². The van der Waals surface area contributed by atoms with Crippen LogP contribution in [0.5, 0.6) is 0 Å². The number of esters is 2. The van der Waals surface area contributed by atoms with E-state index in [4.69, 9.17) is 9.47 Å². The van der Waals surface area contributed by atoms with Crippen molar-refractivity contribution in [1.29, 1.82) is 0 Å². The molecule has 6 heteroatoms. The SMILES string of the molecule is CCOC(=O)c1c(C)[nH]c(C)c1C(=O)COC(=O)CCC(C)C. The van der Waals surface area contributed by atoms with Crippen molar-refractivity contribution in [2.24, 2.45) is 5.92 Å². The molecule has 1 heterocycles. The van der Waals surface area contributed by atoms with E-state index in [2.05, 4.69) is 4.98 Å². The Morgan fingerprint density at radius 2 is 1.65 bits per heavy atom. The Morgan fingerprint density at radius 3 is 2.22 bits per heavy atom. The summed E-state index contributed by atoms with van der Waals surface area (Å²) in [6.45, 7) is 8.97. The number of rotatable bonds is 8. The van der Waals surface area contributed by atoms with Gasteiger partial charge in [-0.05, 0) is 33.1 Å². The van der Waals surface area contributed by atoms with Crippen LogP contribution in [0.2, 0.25) is 0 Å². The van der Waals surface area contributed by atoms with Crippen LogP contribution < -0.4 is 0 Å². The fourth-order valence-electron chi connectivity index (χ4n) is 2.29. The molecule has 0 amide bonds. The van der Waals surface area contributed by atoms with Crippen molar-refractivity contribution in [2.45, 2.75) is 47.5 Å². The lowest BCUT2D eigenvalue weighted by Gasteiger charge is -2.08. The highest BCUT2D eigenvalue weighted by Gasteiger charge is 2.25. The maximum Gasteiger partial charge on any atom is 0.340 e. The highest BCUT2D eigenvalue weighted by atomic mass is 16.5. The summed E-state index contributed by atoms with van der Waals surface area (Å²) >= 11 is 0. The molecule has 0 spiro atoms. The summed E-state index contributed by atoms with van der Waals surface area (Å²) in [5, 5.41) is 0. The molecule has 0 aromatic carbocycles. The molecule has 1 aromatic heterocycles. The predicted octanol–water partition coefficient (Wildman–Crippen LogP) is 2.97. The lowest BCUT2D eigenvalue weighted by Crippen LogP contribution is -2.18. The minimum absolute atomic E-state index is 0.215. The number of carbonyl (C=O) groups excluding carboxylic acids is 3. The molecule has 6 nitrogen and oxygen atoms in total. The quantitative estimate of drug-likeness (QED) is 0.587. The van der Waals surface area contributed by atoms with E-state index in [0.717, 1.165) is 0 Å². The molecule has 128 valence electrons. The predicted molar refractivity (Wildman–Crippen MR) is 85.6 cm³/mol. The van der Waals surface area contributed by atoms with Gasteiger partial charge in [0.1, 0.15) is 0 Å². The number of H-pyrrole nitrogens is 1. The van der Waals surface area contributed by atoms with Crippen molar-refractivity contribution >= 4 is 17.7 Å². The van der Waals surface area contributed by atoms with Gasteiger partial charge in [-0.15, -0.1) is 0 Å². The fraction of sp³-hybridized carbons (Fsp3) is 0.588. The molecule has 0 saturated heterocycles. The lowest BCUT2D eigenvalue weighted by molar-refractivity contribution is -0.142. The number of aryl methyl sites for hydroxylation is 2. The van der Waals surface area contributed by atoms with E-state index >= 15 is 0 Å². The first-order valence-electron chi connectivity index (χ1n) is 7.83. The van der Waals surface area contributed by atoms with Crippen molar-refractivity contribution in [2.75, 3.05) is 13.2 Å². The number of aromatic nitrogens is 1. The van der Waals surface area contributed by atoms with Crippen LogP contribution in [0.25, 0.3) is 0 Å². The Bertz CT molecular complexity index is 586. The Kier molecular flexibility index (Phi) is 7.00. The van der Waals surface area contributed by atoms with Gasteiger partial charge >= 0.3 is 11.9 Å². The number of aromatic amines is 1. The standard InChI is InChI=1S/C17H25NO5/c1-6-22-17(21)16-12(5)18-11(4)15(16)13(19)9-23-14(20)8-7-10(2)3/h10,18H,6-9H2,1-5H3. The number of hydrogen-bond donors (Lipinski definition) is 1. The third kappa shape index (κ3) is 5.23. The number of ether oxygens (including phenoxy) is 2. The molecular weight excluding hydrogens is 298 g/mol. The van der Waals surface area contributed by atoms with Crippen LogP contribution in [0.1, 0.15) is 65.7 Å². The van der Waals surface area contributed by atoms with Gasteiger partial charge in [-0.3, -0.25) is 9.59 Å². The Balaban J connectivity index is 2.80. The van der Waals surface area contributed by atoms with Gasteiger partial charge in [0.25, 0.3) is 0 Å². The third-order valence-corrected chi connectivity index (χ3v) is 3.42. The molecule has 0 saturated carbocycles. The van der Waals surface area contributed by atoms with Gasteiger partial charge < -0.3 is 14.5 Å². The van der Waals surface area contributed by atoms with Gasteiger partial charge in [-0.25, -0.2) is 4.79 Å². The summed E-state index contributed by atoms with van der Waals surface area (Å²) in [4.78, 5) is 38.9. The van der Waals surface area contributed by atoms with Crippen LogP contribution in [0.4, 0.5) is 0 Å². The molecule has 0 aliphatic rings. The second-order valence-electron chi connectivity index (χ2n) is 5.86. The van der Waals surface area contributed by atoms with Crippen molar-refractivity contribution in [3.63, 3.8) is 0 Å². The number of hydrogen-bond acceptors (Lipinski definition) is 5. The molecule has 0 atom stereocenters. The Labute approximate surface area is 136 Å². The minimum atomic E-state index is -0.552. The van der Waals surface area contributed by atoms with Crippen molar-refractivity contribution in [1.82, 2.24) is 4.98 Å². The highest BCUT2D eigenvalue weighted by molar-refractivity contribution is 6.09. The van der Waals surface area contributed by atoms with Crippen molar-refractivity contribution in [3.8, 4) is 0 Å². The second-order valence-corrected chi connectivity index (χ2v) is 5.86. The van der Waals surface area contributed by atoms with Crippen LogP contribution in [0.3, 0.4) is 0 Å². The van der Waals surface area contributed by atoms with Gasteiger partial charge in [-0.2, -0.15) is 0 Å². The van der Waals surface area contributed by atoms with Gasteiger partial charge in [0.05, 0.1) is 17.7 Å². The highest BCUT2D eigenvalue weighted by Crippen LogP contribution is 2.20. The zero-order valence-electron chi connectivity index (χ0n) is 14.4. The maximum atomic E-state index is 12.3. The van der Waals surface area contributed by atoms with Crippen LogP contribution in [0.15, 0.2) is 0 Å². The van der Waals surface area contributed by atoms with Gasteiger partial charge in [0.2, 0.25) is 5.78 Å². The maximum absolute atomic E-state index is 12.3.